The summed E-state index contributed by atoms with van der Waals surface area (Å²) in [5, 5.41) is 3.77. The van der Waals surface area contributed by atoms with Gasteiger partial charge >= 0.3 is 5.97 Å². The van der Waals surface area contributed by atoms with E-state index >= 15 is 0 Å². The molecule has 0 aliphatic heterocycles. The summed E-state index contributed by atoms with van der Waals surface area (Å²) in [6, 6.07) is 7.66. The fraction of sp³-hybridized carbons (Fsp3) is 0.286. The van der Waals surface area contributed by atoms with Crippen molar-refractivity contribution in [3.8, 4) is 5.75 Å². The van der Waals surface area contributed by atoms with Gasteiger partial charge in [-0.3, -0.25) is 0 Å². The molecule has 1 aromatic carbocycles. The van der Waals surface area contributed by atoms with E-state index in [1.165, 1.54) is 0 Å². The molecule has 0 atom stereocenters. The lowest BCUT2D eigenvalue weighted by Crippen LogP contribution is -2.10. The molecule has 1 heterocycles. The maximum absolute atomic E-state index is 11.9. The minimum absolute atomic E-state index is 0.187. The Labute approximate surface area is 127 Å². The van der Waals surface area contributed by atoms with Crippen molar-refractivity contribution in [1.29, 1.82) is 0 Å². The molecule has 1 aromatic heterocycles. The van der Waals surface area contributed by atoms with Crippen LogP contribution in [0.1, 0.15) is 22.8 Å². The zero-order valence-corrected chi connectivity index (χ0v) is 12.7. The first-order chi connectivity index (χ1) is 10.2. The average Bonchev–Trinajstić information content (AvgIpc) is 2.86. The van der Waals surface area contributed by atoms with E-state index in [0.717, 1.165) is 22.8 Å². The number of hydrogen-bond donors (Lipinski definition) is 2. The van der Waals surface area contributed by atoms with Gasteiger partial charge in [-0.1, -0.05) is 12.1 Å². The Morgan fingerprint density at radius 3 is 3.00 bits per heavy atom. The number of methoxy groups -OCH3 is 1. The van der Waals surface area contributed by atoms with Crippen molar-refractivity contribution in [2.24, 2.45) is 0 Å². The third-order valence-electron chi connectivity index (χ3n) is 2.79. The van der Waals surface area contributed by atoms with Crippen LogP contribution in [-0.2, 0) is 11.3 Å². The van der Waals surface area contributed by atoms with Gasteiger partial charge in [0.15, 0.2) is 5.82 Å². The minimum Gasteiger partial charge on any atom is -0.497 e. The van der Waals surface area contributed by atoms with Crippen LogP contribution >= 0.6 is 11.5 Å². The van der Waals surface area contributed by atoms with Crippen LogP contribution in [0.2, 0.25) is 0 Å². The van der Waals surface area contributed by atoms with Gasteiger partial charge in [0.2, 0.25) is 0 Å². The number of rotatable bonds is 6. The van der Waals surface area contributed by atoms with Crippen molar-refractivity contribution in [3.63, 3.8) is 0 Å². The number of nitrogen functional groups attached to an aromatic ring is 1. The summed E-state index contributed by atoms with van der Waals surface area (Å²) in [6.07, 6.45) is 0. The summed E-state index contributed by atoms with van der Waals surface area (Å²) in [5.74, 6) is 0.507. The number of hydrogen-bond acceptors (Lipinski definition) is 7. The zero-order valence-electron chi connectivity index (χ0n) is 11.9. The standard InChI is InChI=1S/C14H17N3O3S/c1-3-20-14(18)11-12(15)17-21-13(11)16-8-9-5-4-6-10(7-9)19-2/h4-7,16H,3,8H2,1-2H3,(H2,15,17). The lowest BCUT2D eigenvalue weighted by molar-refractivity contribution is 0.0529. The summed E-state index contributed by atoms with van der Waals surface area (Å²) < 4.78 is 14.2. The number of nitrogens with two attached hydrogens (primary N) is 1. The van der Waals surface area contributed by atoms with Crippen LogP contribution in [0, 0.1) is 0 Å². The van der Waals surface area contributed by atoms with Gasteiger partial charge in [0.05, 0.1) is 13.7 Å². The van der Waals surface area contributed by atoms with Gasteiger partial charge in [0.1, 0.15) is 16.3 Å². The molecule has 0 aliphatic carbocycles. The Balaban J connectivity index is 2.11. The molecule has 0 bridgehead atoms. The number of anilines is 2. The van der Waals surface area contributed by atoms with E-state index in [0.29, 0.717) is 23.7 Å². The molecule has 0 saturated heterocycles. The first-order valence-electron chi connectivity index (χ1n) is 6.44. The first-order valence-corrected chi connectivity index (χ1v) is 7.22. The topological polar surface area (TPSA) is 86.5 Å². The van der Waals surface area contributed by atoms with Gasteiger partial charge < -0.3 is 20.5 Å². The summed E-state index contributed by atoms with van der Waals surface area (Å²) in [4.78, 5) is 11.9. The number of esters is 1. The van der Waals surface area contributed by atoms with E-state index in [1.807, 2.05) is 24.3 Å². The molecule has 0 saturated carbocycles. The molecule has 2 rings (SSSR count). The number of benzene rings is 1. The first kappa shape index (κ1) is 15.1. The fourth-order valence-corrected chi connectivity index (χ4v) is 2.49. The molecule has 0 unspecified atom stereocenters. The van der Waals surface area contributed by atoms with Crippen LogP contribution in [0.4, 0.5) is 10.8 Å². The number of carbonyl (C=O) groups excluding carboxylic acids is 1. The van der Waals surface area contributed by atoms with Crippen LogP contribution in [-0.4, -0.2) is 24.1 Å². The predicted octanol–water partition coefficient (Wildman–Crippen LogP) is 2.52. The highest BCUT2D eigenvalue weighted by Gasteiger charge is 2.20. The van der Waals surface area contributed by atoms with Crippen LogP contribution in [0.25, 0.3) is 0 Å². The second-order valence-electron chi connectivity index (χ2n) is 4.20. The normalized spacial score (nSPS) is 10.2. The molecule has 0 spiro atoms. The average molecular weight is 307 g/mol. The molecule has 7 heteroatoms. The Kier molecular flexibility index (Phi) is 4.99. The third-order valence-corrected chi connectivity index (χ3v) is 3.60. The van der Waals surface area contributed by atoms with E-state index in [-0.39, 0.29) is 5.82 Å². The third kappa shape index (κ3) is 3.63. The molecule has 0 fully saturated rings. The van der Waals surface area contributed by atoms with Gasteiger partial charge in [-0.05, 0) is 36.2 Å². The lowest BCUT2D eigenvalue weighted by Gasteiger charge is -2.08. The van der Waals surface area contributed by atoms with Crippen LogP contribution in [0.15, 0.2) is 24.3 Å². The summed E-state index contributed by atoms with van der Waals surface area (Å²) >= 11 is 1.14. The highest BCUT2D eigenvalue weighted by Crippen LogP contribution is 2.28. The second-order valence-corrected chi connectivity index (χ2v) is 4.97. The largest absolute Gasteiger partial charge is 0.497 e. The fourth-order valence-electron chi connectivity index (χ4n) is 1.79. The van der Waals surface area contributed by atoms with E-state index < -0.39 is 5.97 Å². The zero-order chi connectivity index (χ0) is 15.2. The number of aromatic nitrogens is 1. The van der Waals surface area contributed by atoms with Crippen LogP contribution < -0.4 is 15.8 Å². The summed E-state index contributed by atoms with van der Waals surface area (Å²) in [5.41, 5.74) is 7.05. The van der Waals surface area contributed by atoms with Crippen molar-refractivity contribution in [1.82, 2.24) is 4.37 Å². The monoisotopic (exact) mass is 307 g/mol. The van der Waals surface area contributed by atoms with Gasteiger partial charge in [0.25, 0.3) is 0 Å². The van der Waals surface area contributed by atoms with Gasteiger partial charge in [0, 0.05) is 6.54 Å². The Bertz CT molecular complexity index is 628. The van der Waals surface area contributed by atoms with Crippen molar-refractivity contribution < 1.29 is 14.3 Å². The Hall–Kier alpha value is -2.28. The Morgan fingerprint density at radius 1 is 1.48 bits per heavy atom. The smallest absolute Gasteiger partial charge is 0.344 e. The molecule has 3 N–H and O–H groups in total. The van der Waals surface area contributed by atoms with E-state index in [1.54, 1.807) is 14.0 Å². The van der Waals surface area contributed by atoms with Gasteiger partial charge in [-0.15, -0.1) is 0 Å². The lowest BCUT2D eigenvalue weighted by atomic mass is 10.2. The van der Waals surface area contributed by atoms with E-state index in [2.05, 4.69) is 9.69 Å². The molecule has 6 nitrogen and oxygen atoms in total. The van der Waals surface area contributed by atoms with Crippen molar-refractivity contribution in [2.75, 3.05) is 24.8 Å². The minimum atomic E-state index is -0.461. The number of ether oxygens (including phenoxy) is 2. The number of nitrogens with zero attached hydrogens (tertiary/aromatic N) is 1. The van der Waals surface area contributed by atoms with E-state index in [9.17, 15) is 4.79 Å². The van der Waals surface area contributed by atoms with Crippen molar-refractivity contribution in [3.05, 3.63) is 35.4 Å². The van der Waals surface area contributed by atoms with Crippen LogP contribution in [0.3, 0.4) is 0 Å². The van der Waals surface area contributed by atoms with Gasteiger partial charge in [-0.2, -0.15) is 4.37 Å². The SMILES string of the molecule is CCOC(=O)c1c(N)nsc1NCc1cccc(OC)c1. The molecule has 0 amide bonds. The molecule has 0 aliphatic rings. The van der Waals surface area contributed by atoms with E-state index in [4.69, 9.17) is 15.2 Å². The highest BCUT2D eigenvalue weighted by atomic mass is 32.1. The highest BCUT2D eigenvalue weighted by molar-refractivity contribution is 7.11. The van der Waals surface area contributed by atoms with Crippen LogP contribution in [0.5, 0.6) is 5.75 Å². The quantitative estimate of drug-likeness (QED) is 0.798. The molecule has 2 aromatic rings. The maximum Gasteiger partial charge on any atom is 0.344 e. The Morgan fingerprint density at radius 2 is 2.29 bits per heavy atom. The predicted molar refractivity (Wildman–Crippen MR) is 82.8 cm³/mol. The molecular weight excluding hydrogens is 290 g/mol. The summed E-state index contributed by atoms with van der Waals surface area (Å²) in [6.45, 7) is 2.58. The molecular formula is C14H17N3O3S. The van der Waals surface area contributed by atoms with Crippen molar-refractivity contribution in [2.45, 2.75) is 13.5 Å². The second kappa shape index (κ2) is 6.94. The summed E-state index contributed by atoms with van der Waals surface area (Å²) in [7, 11) is 1.62. The van der Waals surface area contributed by atoms with Crippen molar-refractivity contribution >= 4 is 28.3 Å². The maximum atomic E-state index is 11.9. The molecule has 21 heavy (non-hydrogen) atoms. The van der Waals surface area contributed by atoms with Gasteiger partial charge in [-0.25, -0.2) is 4.79 Å². The number of nitrogens with one attached hydrogen (secondary N) is 1. The molecule has 0 radical (unpaired) electrons. The number of carbonyl (C=O) groups is 1. The molecule has 112 valence electrons.